The smallest absolute Gasteiger partial charge is 0.147 e. The topological polar surface area (TPSA) is 94.0 Å². The Morgan fingerprint density at radius 3 is 2.63 bits per heavy atom. The van der Waals surface area contributed by atoms with E-state index in [1.54, 1.807) is 12.4 Å². The molecule has 8 heteroatoms. The van der Waals surface area contributed by atoms with Crippen molar-refractivity contribution in [3.05, 3.63) is 65.1 Å². The van der Waals surface area contributed by atoms with Crippen LogP contribution >= 0.6 is 23.4 Å². The second kappa shape index (κ2) is 7.72. The Morgan fingerprint density at radius 1 is 1.07 bits per heavy atom. The fourth-order valence-corrected chi connectivity index (χ4v) is 5.74. The summed E-state index contributed by atoms with van der Waals surface area (Å²) in [6.45, 7) is 1.85. The van der Waals surface area contributed by atoms with Crippen molar-refractivity contribution in [2.45, 2.75) is 40.6 Å². The van der Waals surface area contributed by atoms with Gasteiger partial charge in [0.2, 0.25) is 0 Å². The van der Waals surface area contributed by atoms with E-state index in [2.05, 4.69) is 44.1 Å². The molecule has 1 spiro atoms. The van der Waals surface area contributed by atoms with Gasteiger partial charge in [-0.3, -0.25) is 0 Å². The summed E-state index contributed by atoms with van der Waals surface area (Å²) in [5, 5.41) is 1.22. The highest BCUT2D eigenvalue weighted by Gasteiger charge is 2.46. The van der Waals surface area contributed by atoms with Gasteiger partial charge in [-0.1, -0.05) is 47.6 Å². The molecule has 0 saturated carbocycles. The van der Waals surface area contributed by atoms with Crippen LogP contribution in [0.5, 0.6) is 0 Å². The summed E-state index contributed by atoms with van der Waals surface area (Å²) in [5.41, 5.74) is 15.3. The molecular formula is C22H23ClN6S. The van der Waals surface area contributed by atoms with E-state index in [0.717, 1.165) is 48.1 Å². The number of hydrogen-bond acceptors (Lipinski definition) is 7. The fraction of sp³-hybridized carbons (Fsp3) is 0.318. The Morgan fingerprint density at radius 2 is 1.87 bits per heavy atom. The predicted octanol–water partition coefficient (Wildman–Crippen LogP) is 3.68. The molecule has 1 saturated heterocycles. The Balaban J connectivity index is 1.29. The van der Waals surface area contributed by atoms with Crippen LogP contribution in [-0.4, -0.2) is 34.1 Å². The zero-order valence-electron chi connectivity index (χ0n) is 16.5. The Labute approximate surface area is 185 Å². The molecular weight excluding hydrogens is 416 g/mol. The van der Waals surface area contributed by atoms with Crippen LogP contribution in [0, 0.1) is 0 Å². The first-order valence-electron chi connectivity index (χ1n) is 10.1. The highest BCUT2D eigenvalue weighted by atomic mass is 35.5. The van der Waals surface area contributed by atoms with Crippen molar-refractivity contribution >= 4 is 35.0 Å². The van der Waals surface area contributed by atoms with Gasteiger partial charge in [0.15, 0.2) is 0 Å². The Hall–Kier alpha value is -2.35. The number of fused-ring (bicyclic) bond motifs is 2. The molecule has 2 aromatic heterocycles. The number of anilines is 2. The number of piperidine rings is 1. The number of aromatic nitrogens is 3. The molecule has 1 aliphatic heterocycles. The van der Waals surface area contributed by atoms with Gasteiger partial charge in [-0.2, -0.15) is 0 Å². The van der Waals surface area contributed by atoms with Crippen LogP contribution in [0.4, 0.5) is 11.6 Å². The van der Waals surface area contributed by atoms with Gasteiger partial charge in [0.1, 0.15) is 16.7 Å². The molecule has 2 aliphatic rings. The van der Waals surface area contributed by atoms with Gasteiger partial charge in [0.25, 0.3) is 0 Å². The van der Waals surface area contributed by atoms with Gasteiger partial charge in [-0.25, -0.2) is 15.0 Å². The Bertz CT molecular complexity index is 1070. The third-order valence-corrected chi connectivity index (χ3v) is 7.88. The number of nitrogens with zero attached hydrogens (tertiary/aromatic N) is 4. The summed E-state index contributed by atoms with van der Waals surface area (Å²) in [5.74, 6) is 1.22. The van der Waals surface area contributed by atoms with E-state index in [1.165, 1.54) is 22.9 Å². The van der Waals surface area contributed by atoms with Crippen molar-refractivity contribution in [1.29, 1.82) is 0 Å². The maximum absolute atomic E-state index is 6.62. The molecule has 1 aliphatic carbocycles. The van der Waals surface area contributed by atoms with Gasteiger partial charge in [-0.05, 0) is 36.5 Å². The van der Waals surface area contributed by atoms with E-state index in [4.69, 9.17) is 23.1 Å². The molecule has 0 unspecified atom stereocenters. The molecule has 0 bridgehead atoms. The third-order valence-electron chi connectivity index (χ3n) is 6.39. The van der Waals surface area contributed by atoms with E-state index >= 15 is 0 Å². The van der Waals surface area contributed by atoms with Crippen molar-refractivity contribution in [2.75, 3.05) is 23.7 Å². The molecule has 6 nitrogen and oxygen atoms in total. The van der Waals surface area contributed by atoms with E-state index in [1.807, 2.05) is 12.3 Å². The van der Waals surface area contributed by atoms with Crippen molar-refractivity contribution in [3.63, 3.8) is 0 Å². The van der Waals surface area contributed by atoms with E-state index < -0.39 is 0 Å². The molecule has 0 radical (unpaired) electrons. The summed E-state index contributed by atoms with van der Waals surface area (Å²) in [6, 6.07) is 10.8. The molecule has 1 atom stereocenters. The first kappa shape index (κ1) is 19.6. The molecule has 3 heterocycles. The minimum atomic E-state index is 0.0916. The van der Waals surface area contributed by atoms with Crippen molar-refractivity contribution in [3.8, 4) is 0 Å². The van der Waals surface area contributed by atoms with Gasteiger partial charge >= 0.3 is 0 Å². The highest BCUT2D eigenvalue weighted by molar-refractivity contribution is 7.99. The average molecular weight is 439 g/mol. The molecule has 1 aromatic carbocycles. The molecule has 154 valence electrons. The van der Waals surface area contributed by atoms with E-state index in [9.17, 15) is 0 Å². The van der Waals surface area contributed by atoms with Crippen molar-refractivity contribution in [1.82, 2.24) is 15.0 Å². The number of rotatable bonds is 3. The quantitative estimate of drug-likeness (QED) is 0.644. The van der Waals surface area contributed by atoms with Crippen LogP contribution in [0.1, 0.15) is 24.0 Å². The number of hydrogen-bond donors (Lipinski definition) is 2. The minimum Gasteiger partial charge on any atom is -0.382 e. The number of nitrogen functional groups attached to an aromatic ring is 1. The SMILES string of the molecule is Nc1nccc(Sc2cnc(N3CCC4(CC3)c3ccccc3C[C@H]4N)cn2)c1Cl. The first-order valence-corrected chi connectivity index (χ1v) is 11.2. The molecule has 4 N–H and O–H groups in total. The normalized spacial score (nSPS) is 19.8. The Kier molecular flexibility index (Phi) is 5.05. The van der Waals surface area contributed by atoms with Crippen molar-refractivity contribution < 1.29 is 0 Å². The largest absolute Gasteiger partial charge is 0.382 e. The first-order chi connectivity index (χ1) is 14.6. The van der Waals surface area contributed by atoms with Crippen LogP contribution in [0.25, 0.3) is 0 Å². The lowest BCUT2D eigenvalue weighted by Gasteiger charge is -2.43. The van der Waals surface area contributed by atoms with Gasteiger partial charge in [0, 0.05) is 35.6 Å². The lowest BCUT2D eigenvalue weighted by atomic mass is 9.71. The summed E-state index contributed by atoms with van der Waals surface area (Å²) >= 11 is 7.66. The number of halogens is 1. The lowest BCUT2D eigenvalue weighted by Crippen LogP contribution is -2.50. The second-order valence-corrected chi connectivity index (χ2v) is 9.37. The number of pyridine rings is 1. The molecule has 1 fully saturated rings. The molecule has 3 aromatic rings. The summed E-state index contributed by atoms with van der Waals surface area (Å²) in [7, 11) is 0. The maximum Gasteiger partial charge on any atom is 0.147 e. The van der Waals surface area contributed by atoms with Crippen LogP contribution in [-0.2, 0) is 11.8 Å². The third kappa shape index (κ3) is 3.31. The van der Waals surface area contributed by atoms with Crippen LogP contribution in [0.2, 0.25) is 5.02 Å². The summed E-state index contributed by atoms with van der Waals surface area (Å²) in [6.07, 6.45) is 8.31. The lowest BCUT2D eigenvalue weighted by molar-refractivity contribution is 0.292. The average Bonchev–Trinajstić information content (AvgIpc) is 3.04. The van der Waals surface area contributed by atoms with Crippen LogP contribution in [0.15, 0.2) is 58.8 Å². The summed E-state index contributed by atoms with van der Waals surface area (Å²) < 4.78 is 0. The molecule has 5 rings (SSSR count). The maximum atomic E-state index is 6.62. The highest BCUT2D eigenvalue weighted by Crippen LogP contribution is 2.46. The zero-order valence-corrected chi connectivity index (χ0v) is 18.0. The van der Waals surface area contributed by atoms with Crippen LogP contribution < -0.4 is 16.4 Å². The van der Waals surface area contributed by atoms with Crippen molar-refractivity contribution in [2.24, 2.45) is 5.73 Å². The standard InChI is InChI=1S/C22H23ClN6S/c23-20-16(5-8-26-21(20)25)30-19-13-27-18(12-28-19)29-9-6-22(7-10-29)15-4-2-1-3-14(15)11-17(22)24/h1-5,8,12-13,17H,6-7,9-11,24H2,(H2,25,26)/t17-/m1/s1. The number of benzene rings is 1. The zero-order chi connectivity index (χ0) is 20.7. The van der Waals surface area contributed by atoms with Gasteiger partial charge in [-0.15, -0.1) is 0 Å². The minimum absolute atomic E-state index is 0.0916. The second-order valence-electron chi connectivity index (χ2n) is 7.93. The van der Waals surface area contributed by atoms with E-state index in [0.29, 0.717) is 10.8 Å². The monoisotopic (exact) mass is 438 g/mol. The predicted molar refractivity (Wildman–Crippen MR) is 121 cm³/mol. The molecule has 0 amide bonds. The van der Waals surface area contributed by atoms with Gasteiger partial charge < -0.3 is 16.4 Å². The van der Waals surface area contributed by atoms with Crippen LogP contribution in [0.3, 0.4) is 0 Å². The van der Waals surface area contributed by atoms with E-state index in [-0.39, 0.29) is 11.5 Å². The van der Waals surface area contributed by atoms with Gasteiger partial charge in [0.05, 0.1) is 17.4 Å². The number of nitrogens with two attached hydrogens (primary N) is 2. The summed E-state index contributed by atoms with van der Waals surface area (Å²) in [4.78, 5) is 16.3. The fourth-order valence-electron chi connectivity index (χ4n) is 4.75. The molecule has 30 heavy (non-hydrogen) atoms.